The number of hydrogen-bond donors (Lipinski definition) is 2. The van der Waals surface area contributed by atoms with E-state index in [4.69, 9.17) is 17.3 Å². The third-order valence-corrected chi connectivity index (χ3v) is 3.08. The van der Waals surface area contributed by atoms with Crippen LogP contribution in [0.4, 0.5) is 24.5 Å². The van der Waals surface area contributed by atoms with E-state index in [1.54, 1.807) is 12.1 Å². The van der Waals surface area contributed by atoms with E-state index in [0.29, 0.717) is 0 Å². The Morgan fingerprint density at radius 1 is 1.14 bits per heavy atom. The van der Waals surface area contributed by atoms with Crippen molar-refractivity contribution in [2.45, 2.75) is 6.18 Å². The second-order valence-corrected chi connectivity index (χ2v) is 4.64. The molecule has 2 aromatic rings. The molecule has 0 fully saturated rings. The first-order valence-corrected chi connectivity index (χ1v) is 6.19. The lowest BCUT2D eigenvalue weighted by atomic mass is 10.1. The fourth-order valence-electron chi connectivity index (χ4n) is 1.69. The zero-order chi connectivity index (χ0) is 15.6. The summed E-state index contributed by atoms with van der Waals surface area (Å²) in [6.45, 7) is 0. The first-order chi connectivity index (χ1) is 9.79. The van der Waals surface area contributed by atoms with Crippen LogP contribution in [0.2, 0.25) is 5.02 Å². The maximum Gasteiger partial charge on any atom is 0.416 e. The van der Waals surface area contributed by atoms with Gasteiger partial charge in [-0.2, -0.15) is 13.2 Å². The second-order valence-electron chi connectivity index (χ2n) is 4.23. The predicted molar refractivity (Wildman–Crippen MR) is 75.3 cm³/mol. The highest BCUT2D eigenvalue weighted by Gasteiger charge is 2.31. The smallest absolute Gasteiger partial charge is 0.398 e. The zero-order valence-corrected chi connectivity index (χ0v) is 11.3. The van der Waals surface area contributed by atoms with E-state index in [0.717, 1.165) is 18.2 Å². The van der Waals surface area contributed by atoms with Crippen LogP contribution in [0.25, 0.3) is 0 Å². The van der Waals surface area contributed by atoms with Gasteiger partial charge in [-0.3, -0.25) is 4.79 Å². The normalized spacial score (nSPS) is 11.2. The van der Waals surface area contributed by atoms with Gasteiger partial charge in [0.15, 0.2) is 0 Å². The average Bonchev–Trinajstić information content (AvgIpc) is 2.40. The number of rotatable bonds is 2. The molecule has 0 saturated heterocycles. The minimum atomic E-state index is -4.52. The number of nitrogens with two attached hydrogens (primary N) is 1. The summed E-state index contributed by atoms with van der Waals surface area (Å²) < 4.78 is 37.9. The van der Waals surface area contributed by atoms with Crippen molar-refractivity contribution >= 4 is 28.9 Å². The largest absolute Gasteiger partial charge is 0.416 e. The molecule has 2 rings (SSSR count). The lowest BCUT2D eigenvalue weighted by Crippen LogP contribution is -2.15. The minimum absolute atomic E-state index is 0.00542. The van der Waals surface area contributed by atoms with Crippen molar-refractivity contribution in [2.24, 2.45) is 0 Å². The van der Waals surface area contributed by atoms with Crippen LogP contribution in [0, 0.1) is 0 Å². The van der Waals surface area contributed by atoms with Gasteiger partial charge in [-0.15, -0.1) is 0 Å². The van der Waals surface area contributed by atoms with E-state index < -0.39 is 17.6 Å². The Bertz CT molecular complexity index is 686. The van der Waals surface area contributed by atoms with Crippen LogP contribution in [0.15, 0.2) is 42.5 Å². The zero-order valence-electron chi connectivity index (χ0n) is 10.5. The van der Waals surface area contributed by atoms with Crippen LogP contribution < -0.4 is 11.1 Å². The summed E-state index contributed by atoms with van der Waals surface area (Å²) in [6, 6.07) is 8.92. The molecule has 3 N–H and O–H groups in total. The Morgan fingerprint density at radius 3 is 2.43 bits per heavy atom. The van der Waals surface area contributed by atoms with E-state index in [2.05, 4.69) is 5.32 Å². The molecule has 0 radical (unpaired) electrons. The molecule has 0 unspecified atom stereocenters. The van der Waals surface area contributed by atoms with Gasteiger partial charge in [0.1, 0.15) is 0 Å². The Balaban J connectivity index is 2.31. The van der Waals surface area contributed by atoms with Gasteiger partial charge in [0.05, 0.1) is 21.8 Å². The summed E-state index contributed by atoms with van der Waals surface area (Å²) >= 11 is 5.80. The van der Waals surface area contributed by atoms with Crippen LogP contribution in [-0.2, 0) is 6.18 Å². The average molecular weight is 315 g/mol. The molecule has 21 heavy (non-hydrogen) atoms. The van der Waals surface area contributed by atoms with Gasteiger partial charge in [-0.1, -0.05) is 23.7 Å². The van der Waals surface area contributed by atoms with Crippen molar-refractivity contribution in [1.82, 2.24) is 0 Å². The van der Waals surface area contributed by atoms with Crippen molar-refractivity contribution in [1.29, 1.82) is 0 Å². The van der Waals surface area contributed by atoms with Gasteiger partial charge < -0.3 is 11.1 Å². The number of carbonyl (C=O) groups excluding carboxylic acids is 1. The number of alkyl halides is 3. The number of anilines is 2. The topological polar surface area (TPSA) is 55.1 Å². The second kappa shape index (κ2) is 5.65. The third-order valence-electron chi connectivity index (χ3n) is 2.75. The Morgan fingerprint density at radius 2 is 1.81 bits per heavy atom. The number of para-hydroxylation sites is 1. The molecule has 1 amide bonds. The standard InChI is InChI=1S/C14H10ClF3N2O/c15-10-6-5-8(14(16,17)18)7-12(10)20-13(21)9-3-1-2-4-11(9)19/h1-7H,19H2,(H,20,21). The fourth-order valence-corrected chi connectivity index (χ4v) is 1.86. The van der Waals surface area contributed by atoms with E-state index in [1.165, 1.54) is 12.1 Å². The van der Waals surface area contributed by atoms with E-state index in [1.807, 2.05) is 0 Å². The van der Waals surface area contributed by atoms with Gasteiger partial charge in [0.2, 0.25) is 0 Å². The van der Waals surface area contributed by atoms with Gasteiger partial charge in [-0.05, 0) is 30.3 Å². The first kappa shape index (κ1) is 15.2. The molecule has 3 nitrogen and oxygen atoms in total. The molecule has 0 aliphatic carbocycles. The molecule has 0 bridgehead atoms. The highest BCUT2D eigenvalue weighted by Crippen LogP contribution is 2.34. The molecular weight excluding hydrogens is 305 g/mol. The van der Waals surface area contributed by atoms with E-state index in [-0.39, 0.29) is 22.0 Å². The van der Waals surface area contributed by atoms with Crippen LogP contribution in [-0.4, -0.2) is 5.91 Å². The Hall–Kier alpha value is -2.21. The van der Waals surface area contributed by atoms with Gasteiger partial charge in [0.25, 0.3) is 5.91 Å². The molecule has 0 atom stereocenters. The lowest BCUT2D eigenvalue weighted by molar-refractivity contribution is -0.137. The molecule has 7 heteroatoms. The van der Waals surface area contributed by atoms with Crippen LogP contribution in [0.5, 0.6) is 0 Å². The van der Waals surface area contributed by atoms with Crippen molar-refractivity contribution < 1.29 is 18.0 Å². The number of amides is 1. The summed E-state index contributed by atoms with van der Waals surface area (Å²) in [5, 5.41) is 2.33. The van der Waals surface area contributed by atoms with Gasteiger partial charge in [0, 0.05) is 5.69 Å². The first-order valence-electron chi connectivity index (χ1n) is 5.81. The molecule has 110 valence electrons. The van der Waals surface area contributed by atoms with Crippen LogP contribution in [0.3, 0.4) is 0 Å². The summed E-state index contributed by atoms with van der Waals surface area (Å²) in [5.41, 5.74) is 4.99. The van der Waals surface area contributed by atoms with Crippen molar-refractivity contribution in [3.8, 4) is 0 Å². The molecule has 2 aromatic carbocycles. The third kappa shape index (κ3) is 3.46. The van der Waals surface area contributed by atoms with Gasteiger partial charge in [-0.25, -0.2) is 0 Å². The molecule has 0 aromatic heterocycles. The van der Waals surface area contributed by atoms with Crippen molar-refractivity contribution in [3.63, 3.8) is 0 Å². The molecule has 0 saturated carbocycles. The molecule has 0 spiro atoms. The number of carbonyl (C=O) groups is 1. The van der Waals surface area contributed by atoms with Crippen LogP contribution in [0.1, 0.15) is 15.9 Å². The summed E-state index contributed by atoms with van der Waals surface area (Å²) in [5.74, 6) is -0.630. The highest BCUT2D eigenvalue weighted by molar-refractivity contribution is 6.34. The van der Waals surface area contributed by atoms with Gasteiger partial charge >= 0.3 is 6.18 Å². The van der Waals surface area contributed by atoms with E-state index in [9.17, 15) is 18.0 Å². The lowest BCUT2D eigenvalue weighted by Gasteiger charge is -2.12. The Labute approximate surface area is 123 Å². The monoisotopic (exact) mass is 314 g/mol. The van der Waals surface area contributed by atoms with Crippen LogP contribution >= 0.6 is 11.6 Å². The quantitative estimate of drug-likeness (QED) is 0.816. The summed E-state index contributed by atoms with van der Waals surface area (Å²) in [6.07, 6.45) is -4.52. The summed E-state index contributed by atoms with van der Waals surface area (Å²) in [4.78, 5) is 12.0. The van der Waals surface area contributed by atoms with Crippen molar-refractivity contribution in [2.75, 3.05) is 11.1 Å². The maximum absolute atomic E-state index is 12.6. The molecule has 0 heterocycles. The van der Waals surface area contributed by atoms with E-state index >= 15 is 0 Å². The summed E-state index contributed by atoms with van der Waals surface area (Å²) in [7, 11) is 0. The molecule has 0 aliphatic heterocycles. The number of halogens is 4. The minimum Gasteiger partial charge on any atom is -0.398 e. The molecular formula is C14H10ClF3N2O. The number of nitrogen functional groups attached to an aromatic ring is 1. The SMILES string of the molecule is Nc1ccccc1C(=O)Nc1cc(C(F)(F)F)ccc1Cl. The van der Waals surface area contributed by atoms with Crippen molar-refractivity contribution in [3.05, 3.63) is 58.6 Å². The highest BCUT2D eigenvalue weighted by atomic mass is 35.5. The number of hydrogen-bond acceptors (Lipinski definition) is 2. The number of benzene rings is 2. The Kier molecular flexibility index (Phi) is 4.09. The predicted octanol–water partition coefficient (Wildman–Crippen LogP) is 4.19. The maximum atomic E-state index is 12.6. The fraction of sp³-hybridized carbons (Fsp3) is 0.0714. The molecule has 0 aliphatic rings. The number of nitrogens with one attached hydrogen (secondary N) is 1.